The fourth-order valence-electron chi connectivity index (χ4n) is 4.28. The number of rotatable bonds is 5. The Labute approximate surface area is 197 Å². The Morgan fingerprint density at radius 1 is 0.939 bits per heavy atom. The predicted molar refractivity (Wildman–Crippen MR) is 133 cm³/mol. The fraction of sp³-hybridized carbons (Fsp3) is 0.185. The second-order valence-electron chi connectivity index (χ2n) is 8.32. The molecule has 1 saturated heterocycles. The summed E-state index contributed by atoms with van der Waals surface area (Å²) in [6.07, 6.45) is 4.74. The van der Waals surface area contributed by atoms with Gasteiger partial charge in [0, 0.05) is 52.4 Å². The number of piperidine rings is 1. The molecule has 2 heterocycles. The van der Waals surface area contributed by atoms with Crippen molar-refractivity contribution in [1.82, 2.24) is 9.88 Å². The lowest BCUT2D eigenvalue weighted by molar-refractivity contribution is -0.0211. The first-order valence-corrected chi connectivity index (χ1v) is 11.9. The number of amides is 1. The van der Waals surface area contributed by atoms with E-state index in [4.69, 9.17) is 0 Å². The fourth-order valence-corrected chi connectivity index (χ4v) is 5.08. The van der Waals surface area contributed by atoms with Crippen LogP contribution in [0.15, 0.2) is 96.2 Å². The van der Waals surface area contributed by atoms with E-state index in [1.165, 1.54) is 0 Å². The maximum atomic E-state index is 13.0. The van der Waals surface area contributed by atoms with Crippen LogP contribution in [0.1, 0.15) is 28.8 Å². The minimum atomic E-state index is -0.860. The van der Waals surface area contributed by atoms with Gasteiger partial charge < -0.3 is 14.7 Å². The quantitative estimate of drug-likeness (QED) is 0.390. The maximum absolute atomic E-state index is 13.0. The molecule has 3 aromatic carbocycles. The van der Waals surface area contributed by atoms with E-state index in [1.54, 1.807) is 18.1 Å². The summed E-state index contributed by atoms with van der Waals surface area (Å²) in [6.45, 7) is 1.08. The molecule has 0 aliphatic carbocycles. The first-order chi connectivity index (χ1) is 16.1. The number of benzene rings is 3. The van der Waals surface area contributed by atoms with E-state index >= 15 is 0 Å². The number of fused-ring (bicyclic) bond motifs is 1. The molecule has 4 aromatic rings. The number of likely N-dealkylation sites (tertiary alicyclic amines) is 1. The van der Waals surface area contributed by atoms with Crippen molar-refractivity contribution in [3.05, 3.63) is 102 Å². The topological polar surface area (TPSA) is 65.5 Å². The van der Waals surface area contributed by atoms with Crippen molar-refractivity contribution >= 4 is 34.3 Å². The molecule has 1 aliphatic rings. The summed E-state index contributed by atoms with van der Waals surface area (Å²) in [6, 6.07) is 25.5. The number of pyridine rings is 1. The number of nitrogens with zero attached hydrogens (tertiary/aromatic N) is 2. The van der Waals surface area contributed by atoms with Gasteiger partial charge in [0.1, 0.15) is 0 Å². The van der Waals surface area contributed by atoms with E-state index in [0.717, 1.165) is 26.9 Å². The molecule has 0 bridgehead atoms. The third-order valence-electron chi connectivity index (χ3n) is 6.24. The van der Waals surface area contributed by atoms with E-state index in [1.807, 2.05) is 83.9 Å². The zero-order chi connectivity index (χ0) is 22.7. The molecule has 1 aromatic heterocycles. The van der Waals surface area contributed by atoms with Gasteiger partial charge in [-0.2, -0.15) is 0 Å². The third kappa shape index (κ3) is 4.58. The van der Waals surface area contributed by atoms with Gasteiger partial charge in [0.2, 0.25) is 0 Å². The molecule has 0 radical (unpaired) electrons. The van der Waals surface area contributed by atoms with Crippen LogP contribution in [0.4, 0.5) is 5.69 Å². The van der Waals surface area contributed by atoms with Crippen LogP contribution in [-0.2, 0) is 5.60 Å². The molecular formula is C27H25N3O2S. The van der Waals surface area contributed by atoms with Crippen molar-refractivity contribution in [3.8, 4) is 0 Å². The van der Waals surface area contributed by atoms with Crippen molar-refractivity contribution < 1.29 is 9.90 Å². The number of nitrogens with one attached hydrogen (secondary N) is 1. The molecule has 0 spiro atoms. The zero-order valence-corrected chi connectivity index (χ0v) is 19.0. The first kappa shape index (κ1) is 21.5. The maximum Gasteiger partial charge on any atom is 0.253 e. The Kier molecular flexibility index (Phi) is 6.03. The van der Waals surface area contributed by atoms with E-state index in [9.17, 15) is 9.90 Å². The van der Waals surface area contributed by atoms with Gasteiger partial charge >= 0.3 is 0 Å². The summed E-state index contributed by atoms with van der Waals surface area (Å²) in [5.74, 6) is 0.00543. The van der Waals surface area contributed by atoms with Gasteiger partial charge in [-0.25, -0.2) is 0 Å². The smallest absolute Gasteiger partial charge is 0.253 e. The van der Waals surface area contributed by atoms with Gasteiger partial charge in [-0.05, 0) is 66.8 Å². The highest BCUT2D eigenvalue weighted by molar-refractivity contribution is 8.00. The highest BCUT2D eigenvalue weighted by Crippen LogP contribution is 2.33. The van der Waals surface area contributed by atoms with Gasteiger partial charge in [-0.1, -0.05) is 42.5 Å². The Morgan fingerprint density at radius 3 is 2.45 bits per heavy atom. The second-order valence-corrected chi connectivity index (χ2v) is 9.17. The molecule has 166 valence electrons. The number of hydrogen-bond acceptors (Lipinski definition) is 5. The van der Waals surface area contributed by atoms with E-state index in [2.05, 4.69) is 15.8 Å². The Balaban J connectivity index is 1.20. The molecule has 0 unspecified atom stereocenters. The van der Waals surface area contributed by atoms with Gasteiger partial charge in [0.15, 0.2) is 0 Å². The van der Waals surface area contributed by atoms with Crippen molar-refractivity contribution in [2.45, 2.75) is 23.3 Å². The van der Waals surface area contributed by atoms with Crippen LogP contribution in [0.3, 0.4) is 0 Å². The number of aliphatic hydroxyl groups is 1. The summed E-state index contributed by atoms with van der Waals surface area (Å²) in [5, 5.41) is 13.3. The Bertz CT molecular complexity index is 1250. The van der Waals surface area contributed by atoms with Crippen molar-refractivity contribution in [3.63, 3.8) is 0 Å². The molecule has 1 fully saturated rings. The molecule has 5 nitrogen and oxygen atoms in total. The number of anilines is 1. The Morgan fingerprint density at radius 2 is 1.70 bits per heavy atom. The molecular weight excluding hydrogens is 430 g/mol. The second kappa shape index (κ2) is 9.25. The first-order valence-electron chi connectivity index (χ1n) is 11.1. The molecule has 1 amide bonds. The lowest BCUT2D eigenvalue weighted by Crippen LogP contribution is -2.45. The lowest BCUT2D eigenvalue weighted by atomic mass is 9.84. The van der Waals surface area contributed by atoms with Crippen LogP contribution in [0.25, 0.3) is 10.8 Å². The zero-order valence-electron chi connectivity index (χ0n) is 18.1. The predicted octanol–water partition coefficient (Wildman–Crippen LogP) is 5.48. The lowest BCUT2D eigenvalue weighted by Gasteiger charge is -2.38. The monoisotopic (exact) mass is 455 g/mol. The summed E-state index contributed by atoms with van der Waals surface area (Å²) in [7, 11) is 0. The minimum Gasteiger partial charge on any atom is -0.385 e. The molecule has 0 atom stereocenters. The van der Waals surface area contributed by atoms with Crippen LogP contribution in [0, 0.1) is 0 Å². The van der Waals surface area contributed by atoms with E-state index in [-0.39, 0.29) is 5.91 Å². The van der Waals surface area contributed by atoms with E-state index in [0.29, 0.717) is 31.5 Å². The van der Waals surface area contributed by atoms with Crippen LogP contribution < -0.4 is 4.72 Å². The minimum absolute atomic E-state index is 0.00543. The van der Waals surface area contributed by atoms with Crippen LogP contribution in [0.2, 0.25) is 0 Å². The molecule has 33 heavy (non-hydrogen) atoms. The molecule has 2 N–H and O–H groups in total. The van der Waals surface area contributed by atoms with Crippen LogP contribution >= 0.6 is 11.9 Å². The van der Waals surface area contributed by atoms with Crippen molar-refractivity contribution in [2.24, 2.45) is 0 Å². The number of aromatic nitrogens is 1. The molecule has 1 aliphatic heterocycles. The summed E-state index contributed by atoms with van der Waals surface area (Å²) in [4.78, 5) is 20.1. The van der Waals surface area contributed by atoms with Crippen molar-refractivity contribution in [1.29, 1.82) is 0 Å². The average Bonchev–Trinajstić information content (AvgIpc) is 2.88. The standard InChI is InChI=1S/C27H25N3O2S/c31-26(30-17-14-27(32,15-18-30)22-6-2-1-3-7-22)20-9-11-23(12-10-20)29-33-25-8-4-5-21-19-28-16-13-24(21)25/h1-13,16,19,29,32H,14-15,17-18H2. The van der Waals surface area contributed by atoms with Gasteiger partial charge in [0.25, 0.3) is 5.91 Å². The Hall–Kier alpha value is -3.35. The normalized spacial score (nSPS) is 15.4. The van der Waals surface area contributed by atoms with Crippen LogP contribution in [-0.4, -0.2) is 34.0 Å². The summed E-state index contributed by atoms with van der Waals surface area (Å²) < 4.78 is 3.37. The van der Waals surface area contributed by atoms with Crippen molar-refractivity contribution in [2.75, 3.05) is 17.8 Å². The van der Waals surface area contributed by atoms with Crippen LogP contribution in [0.5, 0.6) is 0 Å². The number of hydrogen-bond donors (Lipinski definition) is 2. The molecule has 6 heteroatoms. The number of carbonyl (C=O) groups is 1. The summed E-state index contributed by atoms with van der Waals surface area (Å²) in [5.41, 5.74) is 1.65. The van der Waals surface area contributed by atoms with E-state index < -0.39 is 5.60 Å². The SMILES string of the molecule is O=C(c1ccc(NSc2cccc3cnccc23)cc1)N1CCC(O)(c2ccccc2)CC1. The van der Waals surface area contributed by atoms with Gasteiger partial charge in [0.05, 0.1) is 5.60 Å². The number of carbonyl (C=O) groups excluding carboxylic acids is 1. The highest BCUT2D eigenvalue weighted by atomic mass is 32.2. The third-order valence-corrected chi connectivity index (χ3v) is 7.15. The molecule has 5 rings (SSSR count). The average molecular weight is 456 g/mol. The molecule has 0 saturated carbocycles. The van der Waals surface area contributed by atoms with Gasteiger partial charge in [-0.3, -0.25) is 9.78 Å². The largest absolute Gasteiger partial charge is 0.385 e. The summed E-state index contributed by atoms with van der Waals surface area (Å²) >= 11 is 1.54. The van der Waals surface area contributed by atoms with Gasteiger partial charge in [-0.15, -0.1) is 0 Å². The highest BCUT2D eigenvalue weighted by Gasteiger charge is 2.35.